The lowest BCUT2D eigenvalue weighted by Crippen LogP contribution is -2.07. The van der Waals surface area contributed by atoms with Crippen molar-refractivity contribution in [3.8, 4) is 11.1 Å². The maximum Gasteiger partial charge on any atom is 0.337 e. The Morgan fingerprint density at radius 2 is 1.93 bits per heavy atom. The quantitative estimate of drug-likeness (QED) is 0.470. The number of carboxylic acid groups (broad SMARTS) is 1. The monoisotopic (exact) mass is 396 g/mol. The summed E-state index contributed by atoms with van der Waals surface area (Å²) in [5.74, 6) is -0.414. The number of hydrogen-bond donors (Lipinski definition) is 1. The average Bonchev–Trinajstić information content (AvgIpc) is 3.53. The third-order valence-corrected chi connectivity index (χ3v) is 6.13. The number of nitrogens with zero attached hydrogens (tertiary/aromatic N) is 2. The number of aryl methyl sites for hydroxylation is 2. The predicted molar refractivity (Wildman–Crippen MR) is 119 cm³/mol. The molecule has 4 nitrogen and oxygen atoms in total. The van der Waals surface area contributed by atoms with Crippen molar-refractivity contribution in [2.75, 3.05) is 0 Å². The molecule has 1 fully saturated rings. The number of rotatable bonds is 5. The Hall–Kier alpha value is -3.40. The second-order valence-electron chi connectivity index (χ2n) is 8.34. The molecule has 4 heteroatoms. The first-order valence-corrected chi connectivity index (χ1v) is 10.4. The maximum absolute atomic E-state index is 11.9. The van der Waals surface area contributed by atoms with E-state index in [1.807, 2.05) is 12.3 Å². The first-order valence-electron chi connectivity index (χ1n) is 10.4. The number of carbonyl (C=O) groups is 1. The Kier molecular flexibility index (Phi) is 4.43. The van der Waals surface area contributed by atoms with E-state index in [1.165, 1.54) is 22.1 Å². The van der Waals surface area contributed by atoms with Crippen LogP contribution >= 0.6 is 0 Å². The van der Waals surface area contributed by atoms with Crippen molar-refractivity contribution in [1.29, 1.82) is 0 Å². The molecule has 0 bridgehead atoms. The van der Waals surface area contributed by atoms with E-state index in [4.69, 9.17) is 0 Å². The highest BCUT2D eigenvalue weighted by Crippen LogP contribution is 2.40. The van der Waals surface area contributed by atoms with Crippen molar-refractivity contribution in [2.24, 2.45) is 7.05 Å². The summed E-state index contributed by atoms with van der Waals surface area (Å²) in [5, 5.41) is 10.9. The maximum atomic E-state index is 11.9. The van der Waals surface area contributed by atoms with Gasteiger partial charge in [0.2, 0.25) is 0 Å². The van der Waals surface area contributed by atoms with Gasteiger partial charge in [-0.3, -0.25) is 4.98 Å². The highest BCUT2D eigenvalue weighted by molar-refractivity contribution is 5.97. The number of benzene rings is 2. The van der Waals surface area contributed by atoms with Gasteiger partial charge in [0.1, 0.15) is 0 Å². The summed E-state index contributed by atoms with van der Waals surface area (Å²) in [6.07, 6.45) is 6.80. The fourth-order valence-electron chi connectivity index (χ4n) is 4.31. The number of carboxylic acids is 1. The summed E-state index contributed by atoms with van der Waals surface area (Å²) in [6.45, 7) is 2.13. The molecule has 1 aliphatic carbocycles. The molecule has 1 aliphatic rings. The zero-order valence-electron chi connectivity index (χ0n) is 17.2. The molecule has 0 saturated heterocycles. The van der Waals surface area contributed by atoms with Crippen LogP contribution in [0.1, 0.15) is 51.5 Å². The van der Waals surface area contributed by atoms with Gasteiger partial charge in [-0.05, 0) is 66.1 Å². The third-order valence-electron chi connectivity index (χ3n) is 6.13. The van der Waals surface area contributed by atoms with E-state index in [2.05, 4.69) is 72.2 Å². The number of aromatic nitrogens is 2. The van der Waals surface area contributed by atoms with E-state index >= 15 is 0 Å². The second kappa shape index (κ2) is 7.13. The SMILES string of the molecule is Cc1ccccc1-c1cn(C)c2ccc(Cc3ncc(C4CC4)cc3C(=O)O)cc12. The first kappa shape index (κ1) is 18.6. The molecule has 150 valence electrons. The summed E-state index contributed by atoms with van der Waals surface area (Å²) < 4.78 is 2.15. The van der Waals surface area contributed by atoms with Crippen LogP contribution in [-0.2, 0) is 13.5 Å². The van der Waals surface area contributed by atoms with Crippen LogP contribution in [0.5, 0.6) is 0 Å². The van der Waals surface area contributed by atoms with Crippen molar-refractivity contribution >= 4 is 16.9 Å². The summed E-state index contributed by atoms with van der Waals surface area (Å²) in [6, 6.07) is 16.6. The van der Waals surface area contributed by atoms with Gasteiger partial charge >= 0.3 is 5.97 Å². The van der Waals surface area contributed by atoms with E-state index in [9.17, 15) is 9.90 Å². The van der Waals surface area contributed by atoms with Gasteiger partial charge in [-0.25, -0.2) is 4.79 Å². The van der Waals surface area contributed by atoms with Crippen LogP contribution in [-0.4, -0.2) is 20.6 Å². The Balaban J connectivity index is 1.57. The molecule has 0 spiro atoms. The summed E-state index contributed by atoms with van der Waals surface area (Å²) in [7, 11) is 2.06. The number of hydrogen-bond acceptors (Lipinski definition) is 2. The zero-order chi connectivity index (χ0) is 20.8. The molecular weight excluding hydrogens is 372 g/mol. The summed E-state index contributed by atoms with van der Waals surface area (Å²) in [5.41, 5.74) is 7.88. The zero-order valence-corrected chi connectivity index (χ0v) is 17.2. The highest BCUT2D eigenvalue weighted by Gasteiger charge is 2.26. The largest absolute Gasteiger partial charge is 0.478 e. The molecule has 0 radical (unpaired) electrons. The molecule has 1 saturated carbocycles. The normalized spacial score (nSPS) is 13.7. The van der Waals surface area contributed by atoms with Gasteiger partial charge in [0.15, 0.2) is 0 Å². The fraction of sp³-hybridized carbons (Fsp3) is 0.231. The lowest BCUT2D eigenvalue weighted by molar-refractivity contribution is 0.0695. The molecule has 0 atom stereocenters. The van der Waals surface area contributed by atoms with Crippen molar-refractivity contribution in [2.45, 2.75) is 32.1 Å². The van der Waals surface area contributed by atoms with Crippen molar-refractivity contribution in [3.63, 3.8) is 0 Å². The van der Waals surface area contributed by atoms with E-state index in [0.717, 1.165) is 29.5 Å². The van der Waals surface area contributed by atoms with Crippen LogP contribution in [0.25, 0.3) is 22.0 Å². The molecule has 2 heterocycles. The Morgan fingerprint density at radius 3 is 2.67 bits per heavy atom. The van der Waals surface area contributed by atoms with E-state index < -0.39 is 5.97 Å². The Labute approximate surface area is 175 Å². The molecule has 0 aliphatic heterocycles. The molecule has 0 unspecified atom stereocenters. The van der Waals surface area contributed by atoms with Crippen molar-refractivity contribution in [3.05, 3.63) is 88.9 Å². The van der Waals surface area contributed by atoms with Gasteiger partial charge in [-0.15, -0.1) is 0 Å². The predicted octanol–water partition coefficient (Wildman–Crippen LogP) is 5.72. The van der Waals surface area contributed by atoms with Crippen LogP contribution in [0, 0.1) is 6.92 Å². The molecule has 0 amide bonds. The number of pyridine rings is 1. The number of aromatic carboxylic acids is 1. The van der Waals surface area contributed by atoms with Crippen LogP contribution in [0.2, 0.25) is 0 Å². The van der Waals surface area contributed by atoms with Crippen molar-refractivity contribution in [1.82, 2.24) is 9.55 Å². The van der Waals surface area contributed by atoms with E-state index in [0.29, 0.717) is 23.6 Å². The smallest absolute Gasteiger partial charge is 0.337 e. The molecule has 2 aromatic carbocycles. The van der Waals surface area contributed by atoms with Gasteiger partial charge < -0.3 is 9.67 Å². The summed E-state index contributed by atoms with van der Waals surface area (Å²) in [4.78, 5) is 16.4. The molecule has 2 aromatic heterocycles. The third kappa shape index (κ3) is 3.28. The second-order valence-corrected chi connectivity index (χ2v) is 8.34. The van der Waals surface area contributed by atoms with Gasteiger partial charge in [-0.2, -0.15) is 0 Å². The van der Waals surface area contributed by atoms with E-state index in [1.54, 1.807) is 0 Å². The topological polar surface area (TPSA) is 55.1 Å². The summed E-state index contributed by atoms with van der Waals surface area (Å²) >= 11 is 0. The van der Waals surface area contributed by atoms with Gasteiger partial charge in [0.05, 0.1) is 11.3 Å². The molecular formula is C26H24N2O2. The lowest BCUT2D eigenvalue weighted by Gasteiger charge is -2.09. The van der Waals surface area contributed by atoms with Gasteiger partial charge in [0.25, 0.3) is 0 Å². The van der Waals surface area contributed by atoms with Crippen LogP contribution < -0.4 is 0 Å². The minimum absolute atomic E-state index is 0.326. The lowest BCUT2D eigenvalue weighted by atomic mass is 9.97. The molecule has 5 rings (SSSR count). The number of fused-ring (bicyclic) bond motifs is 1. The first-order chi connectivity index (χ1) is 14.5. The fourth-order valence-corrected chi connectivity index (χ4v) is 4.31. The van der Waals surface area contributed by atoms with Crippen molar-refractivity contribution < 1.29 is 9.90 Å². The van der Waals surface area contributed by atoms with Crippen LogP contribution in [0.15, 0.2) is 60.9 Å². The van der Waals surface area contributed by atoms with E-state index in [-0.39, 0.29) is 0 Å². The standard InChI is InChI=1S/C26H24N2O2/c1-16-5-3-4-6-20(16)23-15-28(2)25-10-7-17(11-21(23)25)12-24-22(26(29)30)13-19(14-27-24)18-8-9-18/h3-7,10-11,13-15,18H,8-9,12H2,1-2H3,(H,29,30). The minimum atomic E-state index is -0.901. The molecule has 4 aromatic rings. The highest BCUT2D eigenvalue weighted by atomic mass is 16.4. The average molecular weight is 396 g/mol. The molecule has 30 heavy (non-hydrogen) atoms. The van der Waals surface area contributed by atoms with Crippen LogP contribution in [0.3, 0.4) is 0 Å². The van der Waals surface area contributed by atoms with Gasteiger partial charge in [-0.1, -0.05) is 30.3 Å². The Morgan fingerprint density at radius 1 is 1.13 bits per heavy atom. The minimum Gasteiger partial charge on any atom is -0.478 e. The van der Waals surface area contributed by atoms with Gasteiger partial charge in [0, 0.05) is 42.3 Å². The Bertz CT molecular complexity index is 1280. The molecule has 1 N–H and O–H groups in total. The van der Waals surface area contributed by atoms with Crippen LogP contribution in [0.4, 0.5) is 0 Å².